The molecule has 1 heterocycles. The molecule has 2 rings (SSSR count). The van der Waals surface area contributed by atoms with Crippen LogP contribution in [0.1, 0.15) is 31.7 Å². The van der Waals surface area contributed by atoms with E-state index in [1.165, 1.54) is 19.3 Å². The van der Waals surface area contributed by atoms with E-state index in [-0.39, 0.29) is 5.78 Å². The number of carbonyl (C=O) groups excluding carboxylic acids is 1. The molecule has 0 radical (unpaired) electrons. The first kappa shape index (κ1) is 11.9. The first-order valence-corrected chi connectivity index (χ1v) is 6.29. The van der Waals surface area contributed by atoms with Gasteiger partial charge in [-0.2, -0.15) is 0 Å². The van der Waals surface area contributed by atoms with E-state index in [9.17, 15) is 4.79 Å². The van der Waals surface area contributed by atoms with Gasteiger partial charge in [-0.3, -0.25) is 4.79 Å². The molecule has 0 aliphatic carbocycles. The molecule has 0 unspecified atom stereocenters. The van der Waals surface area contributed by atoms with Gasteiger partial charge in [0.05, 0.1) is 0 Å². The summed E-state index contributed by atoms with van der Waals surface area (Å²) in [6.45, 7) is 3.79. The first-order valence-electron chi connectivity index (χ1n) is 6.29. The van der Waals surface area contributed by atoms with Crippen molar-refractivity contribution in [3.63, 3.8) is 0 Å². The molecule has 0 bridgehead atoms. The van der Waals surface area contributed by atoms with E-state index < -0.39 is 0 Å². The van der Waals surface area contributed by atoms with Gasteiger partial charge in [0.1, 0.15) is 0 Å². The molecule has 0 aromatic heterocycles. The van der Waals surface area contributed by atoms with Crippen LogP contribution in [-0.4, -0.2) is 23.8 Å². The van der Waals surface area contributed by atoms with Crippen molar-refractivity contribution in [3.05, 3.63) is 42.1 Å². The molecule has 1 fully saturated rings. The Morgan fingerprint density at radius 2 is 1.76 bits per heavy atom. The van der Waals surface area contributed by atoms with Crippen molar-refractivity contribution < 1.29 is 4.79 Å². The van der Waals surface area contributed by atoms with Gasteiger partial charge in [0.15, 0.2) is 5.78 Å². The lowest BCUT2D eigenvalue weighted by Crippen LogP contribution is -2.25. The van der Waals surface area contributed by atoms with Crippen LogP contribution < -0.4 is 0 Å². The van der Waals surface area contributed by atoms with Crippen molar-refractivity contribution in [3.8, 4) is 0 Å². The number of rotatable bonds is 3. The van der Waals surface area contributed by atoms with E-state index in [0.29, 0.717) is 0 Å². The summed E-state index contributed by atoms with van der Waals surface area (Å²) in [5.41, 5.74) is 1.85. The minimum Gasteiger partial charge on any atom is -0.377 e. The number of hydrogen-bond acceptors (Lipinski definition) is 2. The van der Waals surface area contributed by atoms with Crippen molar-refractivity contribution in [1.29, 1.82) is 0 Å². The van der Waals surface area contributed by atoms with Crippen LogP contribution in [0, 0.1) is 0 Å². The molecule has 1 aromatic rings. The topological polar surface area (TPSA) is 20.3 Å². The van der Waals surface area contributed by atoms with E-state index in [1.54, 1.807) is 6.92 Å². The monoisotopic (exact) mass is 229 g/mol. The fourth-order valence-electron chi connectivity index (χ4n) is 2.22. The number of allylic oxidation sites excluding steroid dienone is 1. The highest BCUT2D eigenvalue weighted by atomic mass is 16.1. The molecule has 0 spiro atoms. The predicted molar refractivity (Wildman–Crippen MR) is 70.5 cm³/mol. The molecule has 0 atom stereocenters. The molecule has 1 saturated heterocycles. The number of nitrogens with zero attached hydrogens (tertiary/aromatic N) is 1. The number of carbonyl (C=O) groups is 1. The molecular formula is C15H19NO. The zero-order valence-electron chi connectivity index (χ0n) is 10.4. The third kappa shape index (κ3) is 3.19. The van der Waals surface area contributed by atoms with Crippen LogP contribution in [0.4, 0.5) is 0 Å². The van der Waals surface area contributed by atoms with E-state index in [1.807, 2.05) is 36.5 Å². The molecule has 1 aliphatic rings. The van der Waals surface area contributed by atoms with Crippen molar-refractivity contribution in [2.45, 2.75) is 26.2 Å². The normalized spacial score (nSPS) is 17.0. The standard InChI is InChI=1S/C15H19NO/c1-13(17)15(14-8-4-2-5-9-14)12-16-10-6-3-7-11-16/h2,4-5,8-9,12H,3,6-7,10-11H2,1H3/b15-12-. The molecular weight excluding hydrogens is 210 g/mol. The summed E-state index contributed by atoms with van der Waals surface area (Å²) in [7, 11) is 0. The van der Waals surface area contributed by atoms with Gasteiger partial charge in [-0.25, -0.2) is 0 Å². The Balaban J connectivity index is 2.22. The molecule has 17 heavy (non-hydrogen) atoms. The van der Waals surface area contributed by atoms with Gasteiger partial charge in [-0.05, 0) is 31.7 Å². The number of Topliss-reactive ketones (excluding diaryl/α,β-unsaturated/α-hetero) is 1. The van der Waals surface area contributed by atoms with Gasteiger partial charge in [0.25, 0.3) is 0 Å². The fraction of sp³-hybridized carbons (Fsp3) is 0.400. The Bertz CT molecular complexity index is 402. The van der Waals surface area contributed by atoms with Gasteiger partial charge in [0, 0.05) is 24.9 Å². The fourth-order valence-corrected chi connectivity index (χ4v) is 2.22. The minimum absolute atomic E-state index is 0.141. The molecule has 1 aliphatic heterocycles. The molecule has 0 amide bonds. The molecule has 90 valence electrons. The van der Waals surface area contributed by atoms with Crippen molar-refractivity contribution >= 4 is 11.4 Å². The minimum atomic E-state index is 0.141. The summed E-state index contributed by atoms with van der Waals surface area (Å²) in [4.78, 5) is 14.0. The molecule has 0 saturated carbocycles. The van der Waals surface area contributed by atoms with Crippen molar-refractivity contribution in [2.75, 3.05) is 13.1 Å². The Labute approximate surface area is 103 Å². The van der Waals surface area contributed by atoms with Crippen molar-refractivity contribution in [2.24, 2.45) is 0 Å². The van der Waals surface area contributed by atoms with Gasteiger partial charge < -0.3 is 4.90 Å². The number of likely N-dealkylation sites (tertiary alicyclic amines) is 1. The van der Waals surface area contributed by atoms with Crippen LogP contribution in [0.5, 0.6) is 0 Å². The summed E-state index contributed by atoms with van der Waals surface area (Å²) in [6, 6.07) is 9.92. The first-order chi connectivity index (χ1) is 8.27. The highest BCUT2D eigenvalue weighted by Gasteiger charge is 2.11. The largest absolute Gasteiger partial charge is 0.377 e. The molecule has 1 aromatic carbocycles. The number of hydrogen-bond donors (Lipinski definition) is 0. The summed E-state index contributed by atoms with van der Waals surface area (Å²) in [6.07, 6.45) is 5.81. The van der Waals surface area contributed by atoms with Gasteiger partial charge >= 0.3 is 0 Å². The number of benzene rings is 1. The van der Waals surface area contributed by atoms with Crippen LogP contribution in [0.2, 0.25) is 0 Å². The SMILES string of the molecule is CC(=O)/C(=C/N1CCCCC1)c1ccccc1. The number of piperidine rings is 1. The smallest absolute Gasteiger partial charge is 0.161 e. The van der Waals surface area contributed by atoms with Crippen LogP contribution in [0.25, 0.3) is 5.57 Å². The molecule has 2 nitrogen and oxygen atoms in total. The number of ketones is 1. The highest BCUT2D eigenvalue weighted by Crippen LogP contribution is 2.18. The second-order valence-corrected chi connectivity index (χ2v) is 4.56. The lowest BCUT2D eigenvalue weighted by molar-refractivity contribution is -0.111. The third-order valence-electron chi connectivity index (χ3n) is 3.17. The van der Waals surface area contributed by atoms with Crippen LogP contribution in [0.15, 0.2) is 36.5 Å². The van der Waals surface area contributed by atoms with Crippen LogP contribution >= 0.6 is 0 Å². The maximum absolute atomic E-state index is 11.7. The lowest BCUT2D eigenvalue weighted by Gasteiger charge is -2.26. The maximum Gasteiger partial charge on any atom is 0.161 e. The average molecular weight is 229 g/mol. The zero-order valence-corrected chi connectivity index (χ0v) is 10.4. The Morgan fingerprint density at radius 3 is 2.35 bits per heavy atom. The van der Waals surface area contributed by atoms with Gasteiger partial charge in [-0.1, -0.05) is 30.3 Å². The Hall–Kier alpha value is -1.57. The Morgan fingerprint density at radius 1 is 1.12 bits per heavy atom. The highest BCUT2D eigenvalue weighted by molar-refractivity contribution is 6.19. The quantitative estimate of drug-likeness (QED) is 0.742. The summed E-state index contributed by atoms with van der Waals surface area (Å²) in [5, 5.41) is 0. The van der Waals surface area contributed by atoms with Gasteiger partial charge in [0.2, 0.25) is 0 Å². The van der Waals surface area contributed by atoms with E-state index in [4.69, 9.17) is 0 Å². The van der Waals surface area contributed by atoms with Crippen LogP contribution in [-0.2, 0) is 4.79 Å². The predicted octanol–water partition coefficient (Wildman–Crippen LogP) is 3.10. The lowest BCUT2D eigenvalue weighted by atomic mass is 10.0. The third-order valence-corrected chi connectivity index (χ3v) is 3.17. The van der Waals surface area contributed by atoms with Crippen molar-refractivity contribution in [1.82, 2.24) is 4.90 Å². The zero-order chi connectivity index (χ0) is 12.1. The second kappa shape index (κ2) is 5.67. The molecule has 0 N–H and O–H groups in total. The summed E-state index contributed by atoms with van der Waals surface area (Å²) >= 11 is 0. The van der Waals surface area contributed by atoms with Gasteiger partial charge in [-0.15, -0.1) is 0 Å². The van der Waals surface area contributed by atoms with E-state index in [2.05, 4.69) is 4.90 Å². The van der Waals surface area contributed by atoms with E-state index >= 15 is 0 Å². The average Bonchev–Trinajstić information content (AvgIpc) is 2.38. The van der Waals surface area contributed by atoms with Crippen LogP contribution in [0.3, 0.4) is 0 Å². The second-order valence-electron chi connectivity index (χ2n) is 4.56. The van der Waals surface area contributed by atoms with E-state index in [0.717, 1.165) is 24.2 Å². The maximum atomic E-state index is 11.7. The summed E-state index contributed by atoms with van der Waals surface area (Å²) < 4.78 is 0. The Kier molecular flexibility index (Phi) is 3.97. The molecule has 2 heteroatoms. The summed E-state index contributed by atoms with van der Waals surface area (Å²) in [5.74, 6) is 0.141.